The van der Waals surface area contributed by atoms with Gasteiger partial charge in [-0.2, -0.15) is 0 Å². The zero-order valence-corrected chi connectivity index (χ0v) is 16.4. The number of halogens is 1. The zero-order chi connectivity index (χ0) is 17.4. The van der Waals surface area contributed by atoms with E-state index >= 15 is 0 Å². The first kappa shape index (κ1) is 21.5. The van der Waals surface area contributed by atoms with E-state index in [0.29, 0.717) is 10.6 Å². The standard InChI is InChI=1S/C20H24ClOP.Li.H/c1-12-8-7-9-16(21)17(12)19(22)23-18-13(2)10-15(11-14(18)3)20(4,5)6;;/h7-11,23H,1-6H3;;. The Labute approximate surface area is 164 Å². The Morgan fingerprint density at radius 2 is 1.54 bits per heavy atom. The van der Waals surface area contributed by atoms with E-state index in [2.05, 4.69) is 46.8 Å². The first-order chi connectivity index (χ1) is 10.6. The molecule has 0 aliphatic heterocycles. The van der Waals surface area contributed by atoms with Crippen molar-refractivity contribution in [1.82, 2.24) is 0 Å². The average Bonchev–Trinajstić information content (AvgIpc) is 2.41. The fourth-order valence-corrected chi connectivity index (χ4v) is 4.30. The summed E-state index contributed by atoms with van der Waals surface area (Å²) in [4.78, 5) is 12.8. The average molecular weight is 355 g/mol. The minimum atomic E-state index is 0. The Bertz CT molecular complexity index is 719. The van der Waals surface area contributed by atoms with Crippen LogP contribution in [0.5, 0.6) is 0 Å². The quantitative estimate of drug-likeness (QED) is 0.556. The Kier molecular flexibility index (Phi) is 7.34. The van der Waals surface area contributed by atoms with Crippen LogP contribution in [0.4, 0.5) is 0 Å². The van der Waals surface area contributed by atoms with E-state index in [1.807, 2.05) is 19.1 Å². The summed E-state index contributed by atoms with van der Waals surface area (Å²) in [5.41, 5.74) is 5.51. The molecule has 0 aliphatic rings. The van der Waals surface area contributed by atoms with Crippen molar-refractivity contribution >= 4 is 49.9 Å². The summed E-state index contributed by atoms with van der Waals surface area (Å²) in [5.74, 6) is 0. The second-order valence-corrected chi connectivity index (χ2v) is 8.73. The van der Waals surface area contributed by atoms with Crippen molar-refractivity contribution in [1.29, 1.82) is 0 Å². The molecule has 2 aromatic rings. The van der Waals surface area contributed by atoms with E-state index in [1.165, 1.54) is 16.7 Å². The molecule has 0 aromatic heterocycles. The fourth-order valence-electron chi connectivity index (χ4n) is 2.69. The molecule has 0 radical (unpaired) electrons. The third-order valence-corrected chi connectivity index (χ3v) is 5.92. The van der Waals surface area contributed by atoms with Crippen molar-refractivity contribution < 1.29 is 4.79 Å². The van der Waals surface area contributed by atoms with E-state index in [0.717, 1.165) is 10.9 Å². The molecule has 0 N–H and O–H groups in total. The topological polar surface area (TPSA) is 17.1 Å². The van der Waals surface area contributed by atoms with Crippen LogP contribution in [0.3, 0.4) is 0 Å². The molecule has 0 aliphatic carbocycles. The molecule has 0 saturated heterocycles. The number of rotatable bonds is 3. The van der Waals surface area contributed by atoms with E-state index in [1.54, 1.807) is 6.07 Å². The van der Waals surface area contributed by atoms with Gasteiger partial charge in [0.15, 0.2) is 5.52 Å². The second kappa shape index (κ2) is 8.20. The van der Waals surface area contributed by atoms with Crippen LogP contribution in [0.1, 0.15) is 53.4 Å². The van der Waals surface area contributed by atoms with Gasteiger partial charge in [-0.3, -0.25) is 4.79 Å². The number of aryl methyl sites for hydroxylation is 3. The summed E-state index contributed by atoms with van der Waals surface area (Å²) in [6.45, 7) is 12.8. The second-order valence-electron chi connectivity index (χ2n) is 7.12. The molecule has 4 heteroatoms. The predicted octanol–water partition coefficient (Wildman–Crippen LogP) is 5.06. The maximum absolute atomic E-state index is 12.8. The summed E-state index contributed by atoms with van der Waals surface area (Å²) >= 11 is 6.24. The number of carbonyl (C=O) groups is 1. The minimum absolute atomic E-state index is 0. The van der Waals surface area contributed by atoms with Gasteiger partial charge in [0.05, 0.1) is 5.02 Å². The van der Waals surface area contributed by atoms with Crippen molar-refractivity contribution in [3.8, 4) is 0 Å². The Hall–Kier alpha value is -0.573. The molecule has 124 valence electrons. The first-order valence-corrected chi connectivity index (χ1v) is 9.17. The summed E-state index contributed by atoms with van der Waals surface area (Å²) in [6, 6.07) is 10.0. The normalized spacial score (nSPS) is 11.6. The summed E-state index contributed by atoms with van der Waals surface area (Å²) in [6.07, 6.45) is 0. The molecular weight excluding hydrogens is 330 g/mol. The van der Waals surface area contributed by atoms with Crippen LogP contribution in [0.2, 0.25) is 5.02 Å². The van der Waals surface area contributed by atoms with Crippen molar-refractivity contribution in [3.05, 3.63) is 63.2 Å². The molecule has 1 nitrogen and oxygen atoms in total. The maximum atomic E-state index is 12.8. The van der Waals surface area contributed by atoms with Crippen LogP contribution in [-0.2, 0) is 5.41 Å². The molecular formula is C20H25ClLiOP. The zero-order valence-electron chi connectivity index (χ0n) is 14.7. The van der Waals surface area contributed by atoms with Crippen molar-refractivity contribution in [2.45, 2.75) is 47.0 Å². The molecule has 0 bridgehead atoms. The molecule has 2 aromatic carbocycles. The third-order valence-electron chi connectivity index (χ3n) is 4.09. The Morgan fingerprint density at radius 1 is 1.00 bits per heavy atom. The first-order valence-electron chi connectivity index (χ1n) is 7.79. The molecule has 0 fully saturated rings. The van der Waals surface area contributed by atoms with Crippen molar-refractivity contribution in [2.24, 2.45) is 0 Å². The summed E-state index contributed by atoms with van der Waals surface area (Å²) in [7, 11) is 0.103. The van der Waals surface area contributed by atoms with E-state index in [4.69, 9.17) is 11.6 Å². The van der Waals surface area contributed by atoms with Crippen LogP contribution in [0.15, 0.2) is 30.3 Å². The summed E-state index contributed by atoms with van der Waals surface area (Å²) in [5, 5.41) is 1.69. The molecule has 0 spiro atoms. The number of carbonyl (C=O) groups excluding carboxylic acids is 1. The van der Waals surface area contributed by atoms with Gasteiger partial charge >= 0.3 is 18.9 Å². The van der Waals surface area contributed by atoms with Crippen molar-refractivity contribution in [2.75, 3.05) is 0 Å². The monoisotopic (exact) mass is 354 g/mol. The SMILES string of the molecule is Cc1cc(C(C)(C)C)cc(C)c1PC(=O)c1c(C)cccc1Cl.[LiH]. The third kappa shape index (κ3) is 4.74. The van der Waals surface area contributed by atoms with Crippen LogP contribution in [-0.4, -0.2) is 24.4 Å². The van der Waals surface area contributed by atoms with Gasteiger partial charge in [0.25, 0.3) is 0 Å². The van der Waals surface area contributed by atoms with Crippen molar-refractivity contribution in [3.63, 3.8) is 0 Å². The van der Waals surface area contributed by atoms with Gasteiger partial charge in [-0.1, -0.05) is 56.6 Å². The predicted molar refractivity (Wildman–Crippen MR) is 110 cm³/mol. The van der Waals surface area contributed by atoms with Crippen LogP contribution < -0.4 is 5.30 Å². The molecule has 1 unspecified atom stereocenters. The Morgan fingerprint density at radius 3 is 2.00 bits per heavy atom. The molecule has 0 heterocycles. The molecule has 24 heavy (non-hydrogen) atoms. The number of benzene rings is 2. The van der Waals surface area contributed by atoms with Gasteiger partial charge in [0.1, 0.15) is 0 Å². The number of hydrogen-bond acceptors (Lipinski definition) is 1. The molecule has 0 amide bonds. The van der Waals surface area contributed by atoms with Gasteiger partial charge in [0, 0.05) is 5.56 Å². The molecule has 0 saturated carbocycles. The van der Waals surface area contributed by atoms with Gasteiger partial charge in [-0.15, -0.1) is 0 Å². The van der Waals surface area contributed by atoms with Gasteiger partial charge < -0.3 is 0 Å². The Balaban J connectivity index is 0.00000288. The fraction of sp³-hybridized carbons (Fsp3) is 0.350. The summed E-state index contributed by atoms with van der Waals surface area (Å²) < 4.78 is 0. The van der Waals surface area contributed by atoms with E-state index in [-0.39, 0.29) is 38.4 Å². The van der Waals surface area contributed by atoms with E-state index < -0.39 is 0 Å². The van der Waals surface area contributed by atoms with Gasteiger partial charge in [-0.05, 0) is 68.4 Å². The number of hydrogen-bond donors (Lipinski definition) is 0. The molecule has 2 rings (SSSR count). The van der Waals surface area contributed by atoms with Gasteiger partial charge in [-0.25, -0.2) is 0 Å². The molecule has 1 atom stereocenters. The van der Waals surface area contributed by atoms with Crippen LogP contribution in [0.25, 0.3) is 0 Å². The van der Waals surface area contributed by atoms with Crippen LogP contribution >= 0.6 is 20.2 Å². The van der Waals surface area contributed by atoms with E-state index in [9.17, 15) is 4.79 Å². The van der Waals surface area contributed by atoms with Crippen LogP contribution in [0, 0.1) is 20.8 Å². The van der Waals surface area contributed by atoms with Gasteiger partial charge in [0.2, 0.25) is 0 Å².